The first-order chi connectivity index (χ1) is 15.6. The molecule has 4 rings (SSSR count). The molecule has 0 aromatic rings. The van der Waals surface area contributed by atoms with Crippen LogP contribution in [0.3, 0.4) is 0 Å². The minimum atomic E-state index is -2.79. The summed E-state index contributed by atoms with van der Waals surface area (Å²) in [5, 5.41) is 0. The molecule has 33 heavy (non-hydrogen) atoms. The molecule has 2 heterocycles. The third kappa shape index (κ3) is 8.40. The van der Waals surface area contributed by atoms with Crippen LogP contribution in [0, 0.1) is 11.8 Å². The molecule has 6 nitrogen and oxygen atoms in total. The Hall–Kier alpha value is 0.761. The summed E-state index contributed by atoms with van der Waals surface area (Å²) in [4.78, 5) is 0. The normalized spacial score (nSPS) is 34.5. The van der Waals surface area contributed by atoms with E-state index in [1.807, 2.05) is 0 Å². The molecular weight excluding hydrogens is 489 g/mol. The van der Waals surface area contributed by atoms with E-state index in [9.17, 15) is 0 Å². The SMILES string of the molecule is CCO[Si](C)(C)O[SiH-](C)(CCC1CCC2OC2C1)O[Si](C)(C)O[SH+]CCC1CCC2OC2C1. The van der Waals surface area contributed by atoms with Crippen molar-refractivity contribution in [2.24, 2.45) is 11.8 Å². The number of hydrogen-bond donors (Lipinski definition) is 0. The second kappa shape index (κ2) is 11.0. The average molecular weight is 537 g/mol. The van der Waals surface area contributed by atoms with Crippen molar-refractivity contribution in [3.05, 3.63) is 0 Å². The molecule has 0 radical (unpaired) electrons. The van der Waals surface area contributed by atoms with E-state index in [4.69, 9.17) is 26.0 Å². The zero-order valence-electron chi connectivity index (χ0n) is 21.7. The number of thiol groups is 1. The first-order valence-electron chi connectivity index (χ1n) is 13.5. The molecule has 194 valence electrons. The number of hydrogen-bond acceptors (Lipinski definition) is 6. The Morgan fingerprint density at radius 2 is 1.39 bits per heavy atom. The Morgan fingerprint density at radius 3 is 1.97 bits per heavy atom. The van der Waals surface area contributed by atoms with Crippen molar-refractivity contribution >= 4 is 37.7 Å². The molecule has 10 heteroatoms. The van der Waals surface area contributed by atoms with E-state index >= 15 is 0 Å². The van der Waals surface area contributed by atoms with Gasteiger partial charge in [0.2, 0.25) is 0 Å². The van der Waals surface area contributed by atoms with Gasteiger partial charge in [-0.3, -0.25) is 0 Å². The van der Waals surface area contributed by atoms with Gasteiger partial charge in [0.25, 0.3) is 0 Å². The van der Waals surface area contributed by atoms with Crippen LogP contribution in [0.1, 0.15) is 58.3 Å². The van der Waals surface area contributed by atoms with E-state index in [0.717, 1.165) is 35.7 Å². The molecule has 2 aliphatic carbocycles. The molecule has 0 amide bonds. The van der Waals surface area contributed by atoms with Gasteiger partial charge in [-0.1, -0.05) is 0 Å². The van der Waals surface area contributed by atoms with Crippen molar-refractivity contribution in [1.82, 2.24) is 0 Å². The van der Waals surface area contributed by atoms with E-state index in [0.29, 0.717) is 31.0 Å². The van der Waals surface area contributed by atoms with E-state index in [2.05, 4.69) is 39.7 Å². The van der Waals surface area contributed by atoms with Crippen LogP contribution in [0.4, 0.5) is 0 Å². The zero-order valence-corrected chi connectivity index (χ0v) is 25.8. The number of rotatable bonds is 14. The van der Waals surface area contributed by atoms with Gasteiger partial charge < -0.3 is 0 Å². The van der Waals surface area contributed by atoms with E-state index in [1.54, 1.807) is 0 Å². The molecular formula is C23H48O6SSi3. The average Bonchev–Trinajstić information content (AvgIpc) is 3.62. The summed E-state index contributed by atoms with van der Waals surface area (Å²) < 4.78 is 37.6. The van der Waals surface area contributed by atoms with Crippen molar-refractivity contribution < 1.29 is 26.0 Å². The standard InChI is InChI=1S/C23H47O6SSi3/c1-7-24-31(2,3)28-33(6,15-13-19-9-11-21-23(17-19)26-21)29-32(4,5)27-30-14-12-18-8-10-20-22(16-18)25-20/h18-23,33H,7-17H2,1-6H3/q-1/p+1. The van der Waals surface area contributed by atoms with Gasteiger partial charge in [0.05, 0.1) is 0 Å². The fourth-order valence-electron chi connectivity index (χ4n) is 6.22. The van der Waals surface area contributed by atoms with Gasteiger partial charge in [-0.15, -0.1) is 0 Å². The Morgan fingerprint density at radius 1 is 0.818 bits per heavy atom. The Bertz CT molecular complexity index is 656. The van der Waals surface area contributed by atoms with Crippen molar-refractivity contribution in [3.8, 4) is 0 Å². The van der Waals surface area contributed by atoms with Gasteiger partial charge in [0, 0.05) is 0 Å². The number of epoxide rings is 2. The quantitative estimate of drug-likeness (QED) is 0.103. The molecule has 0 aromatic carbocycles. The van der Waals surface area contributed by atoms with Crippen LogP contribution in [-0.4, -0.2) is 62.5 Å². The predicted molar refractivity (Wildman–Crippen MR) is 143 cm³/mol. The molecule has 2 aliphatic heterocycles. The predicted octanol–water partition coefficient (Wildman–Crippen LogP) is 4.93. The van der Waals surface area contributed by atoms with Gasteiger partial charge in [0.1, 0.15) is 0 Å². The van der Waals surface area contributed by atoms with Crippen molar-refractivity contribution in [3.63, 3.8) is 0 Å². The molecule has 0 N–H and O–H groups in total. The molecule has 2 saturated heterocycles. The summed E-state index contributed by atoms with van der Waals surface area (Å²) in [6, 6.07) is 1.04. The Labute approximate surface area is 209 Å². The Balaban J connectivity index is 1.25. The van der Waals surface area contributed by atoms with E-state index in [-0.39, 0.29) is 0 Å². The molecule has 6 atom stereocenters. The monoisotopic (exact) mass is 536 g/mol. The summed E-state index contributed by atoms with van der Waals surface area (Å²) in [6.07, 6.45) is 12.2. The summed E-state index contributed by atoms with van der Waals surface area (Å²) in [5.74, 6) is 2.64. The third-order valence-electron chi connectivity index (χ3n) is 7.80. The minimum absolute atomic E-state index is 0.533. The van der Waals surface area contributed by atoms with Crippen LogP contribution in [0.5, 0.6) is 0 Å². The van der Waals surface area contributed by atoms with E-state index in [1.165, 1.54) is 51.4 Å². The van der Waals surface area contributed by atoms with Gasteiger partial charge in [0.15, 0.2) is 0 Å². The van der Waals surface area contributed by atoms with Crippen LogP contribution in [-0.2, 0) is 38.0 Å². The molecule has 4 fully saturated rings. The van der Waals surface area contributed by atoms with Crippen molar-refractivity contribution in [2.75, 3.05) is 12.4 Å². The summed E-state index contributed by atoms with van der Waals surface area (Å²) in [6.45, 7) is 13.7. The van der Waals surface area contributed by atoms with Crippen LogP contribution in [0.25, 0.3) is 0 Å². The van der Waals surface area contributed by atoms with E-state index < -0.39 is 25.7 Å². The topological polar surface area (TPSA) is 62.0 Å². The zero-order chi connectivity index (χ0) is 23.7. The third-order valence-corrected chi connectivity index (χ3v) is 21.4. The maximum absolute atomic E-state index is 6.91. The maximum atomic E-state index is 6.91. The molecule has 4 aliphatic rings. The fourth-order valence-corrected chi connectivity index (χ4v) is 22.1. The first-order valence-corrected chi connectivity index (χ1v) is 23.0. The number of ether oxygens (including phenoxy) is 2. The fraction of sp³-hybridized carbons (Fsp3) is 1.00. The second-order valence-electron chi connectivity index (χ2n) is 11.9. The molecule has 0 bridgehead atoms. The summed E-state index contributed by atoms with van der Waals surface area (Å²) in [5.41, 5.74) is 0. The van der Waals surface area contributed by atoms with Crippen molar-refractivity contribution in [1.29, 1.82) is 0 Å². The Kier molecular flexibility index (Phi) is 8.95. The van der Waals surface area contributed by atoms with Crippen molar-refractivity contribution in [2.45, 2.75) is 121 Å². The van der Waals surface area contributed by atoms with Gasteiger partial charge in [-0.2, -0.15) is 0 Å². The first kappa shape index (κ1) is 26.8. The van der Waals surface area contributed by atoms with Gasteiger partial charge in [-0.25, -0.2) is 0 Å². The molecule has 0 spiro atoms. The summed E-state index contributed by atoms with van der Waals surface area (Å²) >= 11 is 1.07. The van der Waals surface area contributed by atoms with Gasteiger partial charge >= 0.3 is 209 Å². The summed E-state index contributed by atoms with van der Waals surface area (Å²) in [7, 11) is -7.30. The van der Waals surface area contributed by atoms with Crippen LogP contribution in [0.2, 0.25) is 38.8 Å². The second-order valence-corrected chi connectivity index (χ2v) is 24.3. The number of fused-ring (bicyclic) bond motifs is 2. The molecule has 0 aromatic heterocycles. The van der Waals surface area contributed by atoms with Gasteiger partial charge in [-0.05, 0) is 0 Å². The van der Waals surface area contributed by atoms with Crippen LogP contribution < -0.4 is 0 Å². The van der Waals surface area contributed by atoms with Crippen LogP contribution >= 0.6 is 0 Å². The van der Waals surface area contributed by atoms with Crippen LogP contribution in [0.15, 0.2) is 0 Å². The molecule has 2 saturated carbocycles. The molecule has 6 unspecified atom stereocenters.